The molecule has 0 aromatic carbocycles. The Bertz CT molecular complexity index is 1060. The van der Waals surface area contributed by atoms with E-state index in [0.717, 1.165) is 12.2 Å². The van der Waals surface area contributed by atoms with E-state index < -0.39 is 47.4 Å². The number of carbonyl (C=O) groups excluding carboxylic acids is 8. The Morgan fingerprint density at radius 1 is 0.460 bits per heavy atom. The molecule has 2 rings (SSSR count). The molecule has 280 valence electrons. The molecule has 0 radical (unpaired) electrons. The Morgan fingerprint density at radius 3 is 1.06 bits per heavy atom. The smallest absolute Gasteiger partial charge is 0.335 e. The van der Waals surface area contributed by atoms with Crippen LogP contribution in [0, 0.1) is 0 Å². The number of imide groups is 2. The molecule has 20 nitrogen and oxygen atoms in total. The van der Waals surface area contributed by atoms with Gasteiger partial charge in [0.05, 0.1) is 92.1 Å². The highest BCUT2D eigenvalue weighted by atomic mass is 16.7. The standard InChI is InChI=1S/C30H44N4O16/c35-23(31-9-13-45-17-21-47-19-15-43-11-7-29(41)49-33-25(37)3-4-26(33)38)1-2-24(36)32-10-14-46-18-22-48-20-16-44-12-8-30(42)50-34-27(39)5-6-28(34)40/h1-2H,3-22H2,(H,31,35)(H,32,36)/b2-1-. The first-order chi connectivity index (χ1) is 24.2. The van der Waals surface area contributed by atoms with Crippen LogP contribution in [0.3, 0.4) is 0 Å². The van der Waals surface area contributed by atoms with Crippen LogP contribution in [0.2, 0.25) is 0 Å². The predicted molar refractivity (Wildman–Crippen MR) is 164 cm³/mol. The minimum Gasteiger partial charge on any atom is -0.378 e. The molecule has 2 aliphatic rings. The van der Waals surface area contributed by atoms with Gasteiger partial charge in [-0.3, -0.25) is 28.8 Å². The van der Waals surface area contributed by atoms with Crippen LogP contribution >= 0.6 is 0 Å². The number of ether oxygens (including phenoxy) is 6. The lowest BCUT2D eigenvalue weighted by Crippen LogP contribution is -2.32. The van der Waals surface area contributed by atoms with Gasteiger partial charge in [0.25, 0.3) is 23.6 Å². The molecule has 0 spiro atoms. The van der Waals surface area contributed by atoms with Gasteiger partial charge in [0, 0.05) is 50.9 Å². The molecule has 2 fully saturated rings. The Kier molecular flexibility index (Phi) is 21.4. The summed E-state index contributed by atoms with van der Waals surface area (Å²) in [4.78, 5) is 102. The summed E-state index contributed by atoms with van der Waals surface area (Å²) >= 11 is 0. The number of carbonyl (C=O) groups is 8. The first-order valence-corrected chi connectivity index (χ1v) is 16.0. The average Bonchev–Trinajstić information content (AvgIpc) is 3.58. The highest BCUT2D eigenvalue weighted by molar-refractivity contribution is 6.02. The second-order valence-corrected chi connectivity index (χ2v) is 10.2. The summed E-state index contributed by atoms with van der Waals surface area (Å²) in [6, 6.07) is 0. The first-order valence-electron chi connectivity index (χ1n) is 16.0. The van der Waals surface area contributed by atoms with Crippen molar-refractivity contribution in [3.05, 3.63) is 12.2 Å². The maximum atomic E-state index is 11.8. The van der Waals surface area contributed by atoms with Gasteiger partial charge in [0.15, 0.2) is 0 Å². The van der Waals surface area contributed by atoms with E-state index in [0.29, 0.717) is 10.1 Å². The fourth-order valence-corrected chi connectivity index (χ4v) is 3.77. The molecule has 0 aromatic rings. The molecule has 2 heterocycles. The van der Waals surface area contributed by atoms with Gasteiger partial charge >= 0.3 is 11.9 Å². The zero-order valence-corrected chi connectivity index (χ0v) is 27.7. The molecule has 20 heteroatoms. The molecule has 0 atom stereocenters. The summed E-state index contributed by atoms with van der Waals surface area (Å²) in [6.07, 6.45) is 2.06. The van der Waals surface area contributed by atoms with Crippen LogP contribution in [0.15, 0.2) is 12.2 Å². The Balaban J connectivity index is 1.28. The van der Waals surface area contributed by atoms with Crippen LogP contribution < -0.4 is 10.6 Å². The number of nitrogens with one attached hydrogen (secondary N) is 2. The van der Waals surface area contributed by atoms with E-state index in [4.69, 9.17) is 38.1 Å². The molecule has 0 unspecified atom stereocenters. The van der Waals surface area contributed by atoms with Crippen molar-refractivity contribution in [1.82, 2.24) is 20.8 Å². The Morgan fingerprint density at radius 2 is 0.740 bits per heavy atom. The number of hydrogen-bond acceptors (Lipinski definition) is 16. The van der Waals surface area contributed by atoms with Gasteiger partial charge in [-0.15, -0.1) is 10.1 Å². The van der Waals surface area contributed by atoms with Crippen molar-refractivity contribution < 1.29 is 76.5 Å². The third kappa shape index (κ3) is 19.0. The molecular formula is C30H44N4O16. The van der Waals surface area contributed by atoms with Crippen molar-refractivity contribution in [2.24, 2.45) is 0 Å². The zero-order chi connectivity index (χ0) is 36.4. The van der Waals surface area contributed by atoms with E-state index in [1.165, 1.54) is 0 Å². The quantitative estimate of drug-likeness (QED) is 0.0499. The third-order valence-corrected chi connectivity index (χ3v) is 6.26. The summed E-state index contributed by atoms with van der Waals surface area (Å²) in [7, 11) is 0. The highest BCUT2D eigenvalue weighted by Crippen LogP contribution is 2.13. The summed E-state index contributed by atoms with van der Waals surface area (Å²) in [5, 5.41) is 6.11. The number of hydrogen-bond donors (Lipinski definition) is 2. The monoisotopic (exact) mass is 716 g/mol. The molecule has 2 aliphatic heterocycles. The van der Waals surface area contributed by atoms with Gasteiger partial charge in [-0.1, -0.05) is 0 Å². The predicted octanol–water partition coefficient (Wildman–Crippen LogP) is -2.13. The minimum atomic E-state index is -0.742. The van der Waals surface area contributed by atoms with Crippen molar-refractivity contribution in [2.45, 2.75) is 38.5 Å². The van der Waals surface area contributed by atoms with Gasteiger partial charge in [0.2, 0.25) is 11.8 Å². The van der Waals surface area contributed by atoms with Crippen molar-refractivity contribution in [3.8, 4) is 0 Å². The summed E-state index contributed by atoms with van der Waals surface area (Å²) in [5.74, 6) is -4.58. The summed E-state index contributed by atoms with van der Waals surface area (Å²) in [5.41, 5.74) is 0. The second kappa shape index (κ2) is 25.6. The fraction of sp³-hybridized carbons (Fsp3) is 0.667. The van der Waals surface area contributed by atoms with Crippen LogP contribution in [0.25, 0.3) is 0 Å². The third-order valence-electron chi connectivity index (χ3n) is 6.26. The van der Waals surface area contributed by atoms with Crippen LogP contribution in [-0.2, 0) is 76.5 Å². The van der Waals surface area contributed by atoms with Gasteiger partial charge in [-0.05, 0) is 0 Å². The molecule has 2 saturated heterocycles. The van der Waals surface area contributed by atoms with E-state index >= 15 is 0 Å². The van der Waals surface area contributed by atoms with Gasteiger partial charge in [-0.25, -0.2) is 9.59 Å². The minimum absolute atomic E-state index is 0.0290. The lowest BCUT2D eigenvalue weighted by atomic mass is 10.4. The second-order valence-electron chi connectivity index (χ2n) is 10.2. The number of rotatable bonds is 28. The van der Waals surface area contributed by atoms with Gasteiger partial charge in [0.1, 0.15) is 0 Å². The lowest BCUT2D eigenvalue weighted by molar-refractivity contribution is -0.198. The van der Waals surface area contributed by atoms with E-state index in [9.17, 15) is 38.4 Å². The number of hydroxylamine groups is 4. The van der Waals surface area contributed by atoms with Crippen LogP contribution in [-0.4, -0.2) is 150 Å². The van der Waals surface area contributed by atoms with Gasteiger partial charge < -0.3 is 48.7 Å². The maximum absolute atomic E-state index is 11.8. The van der Waals surface area contributed by atoms with E-state index in [1.54, 1.807) is 0 Å². The number of nitrogens with zero attached hydrogens (tertiary/aromatic N) is 2. The fourth-order valence-electron chi connectivity index (χ4n) is 3.77. The number of amides is 6. The molecule has 0 saturated carbocycles. The van der Waals surface area contributed by atoms with Crippen LogP contribution in [0.5, 0.6) is 0 Å². The first kappa shape index (κ1) is 41.8. The van der Waals surface area contributed by atoms with Crippen molar-refractivity contribution in [3.63, 3.8) is 0 Å². The largest absolute Gasteiger partial charge is 0.378 e. The molecule has 0 aliphatic carbocycles. The van der Waals surface area contributed by atoms with E-state index in [1.807, 2.05) is 0 Å². The van der Waals surface area contributed by atoms with Crippen LogP contribution in [0.4, 0.5) is 0 Å². The molecule has 2 N–H and O–H groups in total. The van der Waals surface area contributed by atoms with E-state index in [-0.39, 0.29) is 131 Å². The van der Waals surface area contributed by atoms with Gasteiger partial charge in [-0.2, -0.15) is 0 Å². The topological polar surface area (TPSA) is 241 Å². The lowest BCUT2D eigenvalue weighted by Gasteiger charge is -2.12. The summed E-state index contributed by atoms with van der Waals surface area (Å²) < 4.78 is 31.8. The SMILES string of the molecule is O=C(/C=C\C(=O)NCCOCCOCCOCCC(=O)ON1C(=O)CCC1=O)NCCOCCOCCOCCC(=O)ON1C(=O)CCC1=O. The maximum Gasteiger partial charge on any atom is 0.335 e. The summed E-state index contributed by atoms with van der Waals surface area (Å²) in [6.45, 7) is 3.03. The van der Waals surface area contributed by atoms with Crippen LogP contribution in [0.1, 0.15) is 38.5 Å². The van der Waals surface area contributed by atoms with Crippen molar-refractivity contribution in [1.29, 1.82) is 0 Å². The molecular weight excluding hydrogens is 672 g/mol. The highest BCUT2D eigenvalue weighted by Gasteiger charge is 2.33. The Hall–Kier alpha value is -4.34. The van der Waals surface area contributed by atoms with E-state index in [2.05, 4.69) is 10.6 Å². The Labute approximate surface area is 287 Å². The average molecular weight is 717 g/mol. The normalized spacial score (nSPS) is 14.6. The molecule has 0 aromatic heterocycles. The van der Waals surface area contributed by atoms with Crippen molar-refractivity contribution >= 4 is 47.4 Å². The van der Waals surface area contributed by atoms with Crippen molar-refractivity contribution in [2.75, 3.05) is 92.4 Å². The molecule has 50 heavy (non-hydrogen) atoms. The molecule has 6 amide bonds. The zero-order valence-electron chi connectivity index (χ0n) is 27.7. The molecule has 0 bridgehead atoms.